The molecule has 1 aromatic rings. The molecule has 0 atom stereocenters. The van der Waals surface area contributed by atoms with Crippen LogP contribution >= 0.6 is 24.8 Å². The minimum Gasteiger partial charge on any atom is -0.330 e. The molecular formula is C6H14Cl2N4. The van der Waals surface area contributed by atoms with Crippen molar-refractivity contribution in [3.8, 4) is 0 Å². The Bertz CT molecular complexity index is 201. The molecule has 2 N–H and O–H groups in total. The molecule has 1 aromatic heterocycles. The summed E-state index contributed by atoms with van der Waals surface area (Å²) in [6.07, 6.45) is 2.54. The first kappa shape index (κ1) is 14.2. The van der Waals surface area contributed by atoms with E-state index in [1.54, 1.807) is 6.33 Å². The maximum atomic E-state index is 5.36. The van der Waals surface area contributed by atoms with Gasteiger partial charge >= 0.3 is 0 Å². The number of halogens is 2. The van der Waals surface area contributed by atoms with Crippen molar-refractivity contribution in [1.82, 2.24) is 14.8 Å². The van der Waals surface area contributed by atoms with E-state index in [-0.39, 0.29) is 24.8 Å². The van der Waals surface area contributed by atoms with Crippen molar-refractivity contribution >= 4 is 24.8 Å². The summed E-state index contributed by atoms with van der Waals surface area (Å²) in [6.45, 7) is 3.62. The average molecular weight is 213 g/mol. The highest BCUT2D eigenvalue weighted by molar-refractivity contribution is 5.85. The second kappa shape index (κ2) is 7.34. The van der Waals surface area contributed by atoms with Gasteiger partial charge in [-0.2, -0.15) is 0 Å². The molecule has 0 amide bonds. The first-order valence-corrected chi connectivity index (χ1v) is 3.45. The van der Waals surface area contributed by atoms with E-state index >= 15 is 0 Å². The number of hydrogen-bond donors (Lipinski definition) is 1. The van der Waals surface area contributed by atoms with Crippen molar-refractivity contribution in [2.75, 3.05) is 6.54 Å². The van der Waals surface area contributed by atoms with Gasteiger partial charge in [0.1, 0.15) is 12.2 Å². The van der Waals surface area contributed by atoms with Crippen molar-refractivity contribution in [3.63, 3.8) is 0 Å². The van der Waals surface area contributed by atoms with E-state index in [4.69, 9.17) is 5.73 Å². The molecule has 6 heteroatoms. The highest BCUT2D eigenvalue weighted by Gasteiger charge is 1.98. The van der Waals surface area contributed by atoms with Crippen LogP contribution in [-0.4, -0.2) is 21.3 Å². The highest BCUT2D eigenvalue weighted by Crippen LogP contribution is 1.93. The molecule has 0 fully saturated rings. The highest BCUT2D eigenvalue weighted by atomic mass is 35.5. The van der Waals surface area contributed by atoms with E-state index in [0.29, 0.717) is 6.54 Å². The average Bonchev–Trinajstić information content (AvgIpc) is 2.36. The fourth-order valence-electron chi connectivity index (χ4n) is 0.866. The topological polar surface area (TPSA) is 56.7 Å². The van der Waals surface area contributed by atoms with Crippen LogP contribution in [0.5, 0.6) is 0 Å². The standard InChI is InChI=1S/C6H12N4.2ClH/c1-2-10-5-8-9-6(10)3-4-7;;/h5H,2-4,7H2,1H3;2*1H. The van der Waals surface area contributed by atoms with Gasteiger partial charge in [-0.1, -0.05) is 0 Å². The van der Waals surface area contributed by atoms with Gasteiger partial charge in [-0.15, -0.1) is 35.0 Å². The van der Waals surface area contributed by atoms with Gasteiger partial charge in [0.15, 0.2) is 0 Å². The summed E-state index contributed by atoms with van der Waals surface area (Å²) in [5.74, 6) is 0.977. The Labute approximate surface area is 84.4 Å². The van der Waals surface area contributed by atoms with Gasteiger partial charge in [0.05, 0.1) is 0 Å². The fourth-order valence-corrected chi connectivity index (χ4v) is 0.866. The molecule has 4 nitrogen and oxygen atoms in total. The lowest BCUT2D eigenvalue weighted by Gasteiger charge is -1.98. The van der Waals surface area contributed by atoms with E-state index in [2.05, 4.69) is 17.1 Å². The third-order valence-corrected chi connectivity index (χ3v) is 1.40. The Hall–Kier alpha value is -0.320. The minimum atomic E-state index is 0. The van der Waals surface area contributed by atoms with Crippen molar-refractivity contribution in [1.29, 1.82) is 0 Å². The van der Waals surface area contributed by atoms with Crippen LogP contribution in [0.3, 0.4) is 0 Å². The zero-order valence-corrected chi connectivity index (χ0v) is 8.57. The van der Waals surface area contributed by atoms with Gasteiger partial charge in [-0.05, 0) is 13.5 Å². The Morgan fingerprint density at radius 1 is 1.50 bits per heavy atom. The third-order valence-electron chi connectivity index (χ3n) is 1.40. The van der Waals surface area contributed by atoms with Crippen LogP contribution in [0.1, 0.15) is 12.7 Å². The molecular weight excluding hydrogens is 199 g/mol. The Balaban J connectivity index is 0. The summed E-state index contributed by atoms with van der Waals surface area (Å²) < 4.78 is 1.99. The molecule has 0 aliphatic heterocycles. The van der Waals surface area contributed by atoms with Gasteiger partial charge in [0.2, 0.25) is 0 Å². The molecule has 0 aliphatic carbocycles. The summed E-state index contributed by atoms with van der Waals surface area (Å²) in [5, 5.41) is 7.68. The number of aryl methyl sites for hydroxylation is 1. The van der Waals surface area contributed by atoms with E-state index in [0.717, 1.165) is 18.8 Å². The van der Waals surface area contributed by atoms with E-state index < -0.39 is 0 Å². The van der Waals surface area contributed by atoms with Crippen LogP contribution in [0.4, 0.5) is 0 Å². The van der Waals surface area contributed by atoms with Crippen LogP contribution in [0.15, 0.2) is 6.33 Å². The Morgan fingerprint density at radius 3 is 2.67 bits per heavy atom. The molecule has 0 aliphatic rings. The number of nitrogens with two attached hydrogens (primary N) is 1. The number of hydrogen-bond acceptors (Lipinski definition) is 3. The first-order chi connectivity index (χ1) is 4.88. The van der Waals surface area contributed by atoms with Crippen molar-refractivity contribution in [3.05, 3.63) is 12.2 Å². The minimum absolute atomic E-state index is 0. The monoisotopic (exact) mass is 212 g/mol. The quantitative estimate of drug-likeness (QED) is 0.801. The SMILES string of the molecule is CCn1cnnc1CCN.Cl.Cl. The summed E-state index contributed by atoms with van der Waals surface area (Å²) in [5.41, 5.74) is 5.36. The number of nitrogens with zero attached hydrogens (tertiary/aromatic N) is 3. The van der Waals surface area contributed by atoms with Crippen molar-refractivity contribution in [2.24, 2.45) is 5.73 Å². The molecule has 0 saturated carbocycles. The molecule has 0 aromatic carbocycles. The number of rotatable bonds is 3. The maximum absolute atomic E-state index is 5.36. The summed E-state index contributed by atoms with van der Waals surface area (Å²) in [7, 11) is 0. The summed E-state index contributed by atoms with van der Waals surface area (Å²) >= 11 is 0. The molecule has 0 radical (unpaired) electrons. The fraction of sp³-hybridized carbons (Fsp3) is 0.667. The zero-order valence-electron chi connectivity index (χ0n) is 6.93. The smallest absolute Gasteiger partial charge is 0.134 e. The van der Waals surface area contributed by atoms with Crippen LogP contribution in [0.2, 0.25) is 0 Å². The Kier molecular flexibility index (Phi) is 8.69. The van der Waals surface area contributed by atoms with Crippen molar-refractivity contribution in [2.45, 2.75) is 19.9 Å². The normalized spacial score (nSPS) is 8.50. The number of aromatic nitrogens is 3. The first-order valence-electron chi connectivity index (χ1n) is 3.45. The maximum Gasteiger partial charge on any atom is 0.134 e. The lowest BCUT2D eigenvalue weighted by atomic mass is 10.4. The second-order valence-electron chi connectivity index (χ2n) is 2.07. The molecule has 72 valence electrons. The largest absolute Gasteiger partial charge is 0.330 e. The van der Waals surface area contributed by atoms with Gasteiger partial charge < -0.3 is 10.3 Å². The van der Waals surface area contributed by atoms with Gasteiger partial charge in [0, 0.05) is 13.0 Å². The van der Waals surface area contributed by atoms with Gasteiger partial charge in [0.25, 0.3) is 0 Å². The molecule has 0 unspecified atom stereocenters. The van der Waals surface area contributed by atoms with E-state index in [9.17, 15) is 0 Å². The summed E-state index contributed by atoms with van der Waals surface area (Å²) in [6, 6.07) is 0. The predicted molar refractivity (Wildman–Crippen MR) is 53.0 cm³/mol. The van der Waals surface area contributed by atoms with Crippen molar-refractivity contribution < 1.29 is 0 Å². The third kappa shape index (κ3) is 3.38. The second-order valence-corrected chi connectivity index (χ2v) is 2.07. The van der Waals surface area contributed by atoms with E-state index in [1.165, 1.54) is 0 Å². The van der Waals surface area contributed by atoms with Gasteiger partial charge in [-0.25, -0.2) is 0 Å². The Morgan fingerprint density at radius 2 is 2.17 bits per heavy atom. The summed E-state index contributed by atoms with van der Waals surface area (Å²) in [4.78, 5) is 0. The molecule has 1 heterocycles. The lowest BCUT2D eigenvalue weighted by molar-refractivity contribution is 0.693. The molecule has 0 bridgehead atoms. The molecule has 0 spiro atoms. The predicted octanol–water partition coefficient (Wildman–Crippen LogP) is 0.643. The van der Waals surface area contributed by atoms with Crippen LogP contribution in [-0.2, 0) is 13.0 Å². The zero-order chi connectivity index (χ0) is 7.40. The molecule has 1 rings (SSSR count). The molecule has 12 heavy (non-hydrogen) atoms. The van der Waals surface area contributed by atoms with E-state index in [1.807, 2.05) is 4.57 Å². The van der Waals surface area contributed by atoms with Crippen LogP contribution < -0.4 is 5.73 Å². The van der Waals surface area contributed by atoms with Crippen LogP contribution in [0.25, 0.3) is 0 Å². The lowest BCUT2D eigenvalue weighted by Crippen LogP contribution is -2.08. The van der Waals surface area contributed by atoms with Gasteiger partial charge in [-0.3, -0.25) is 0 Å². The van der Waals surface area contributed by atoms with Crippen LogP contribution in [0, 0.1) is 0 Å². The molecule has 0 saturated heterocycles.